The maximum absolute atomic E-state index is 3.42. The van der Waals surface area contributed by atoms with E-state index in [0.29, 0.717) is 0 Å². The first-order chi connectivity index (χ1) is 11.6. The van der Waals surface area contributed by atoms with Gasteiger partial charge in [-0.3, -0.25) is 0 Å². The molecule has 2 aromatic carbocycles. The minimum absolute atomic E-state index is 0.189. The lowest BCUT2D eigenvalue weighted by Crippen LogP contribution is -2.10. The summed E-state index contributed by atoms with van der Waals surface area (Å²) in [6, 6.07) is 20.0. The van der Waals surface area contributed by atoms with Crippen LogP contribution in [0, 0.1) is 0 Å². The Hall–Kier alpha value is -2.28. The van der Waals surface area contributed by atoms with E-state index in [2.05, 4.69) is 107 Å². The predicted molar refractivity (Wildman–Crippen MR) is 109 cm³/mol. The SMILES string of the molecule is CC(C)(C)c1ccc(-c2c[nH]c(-c3ccc(C(C)(C)C)cc3)c2)cc1. The lowest BCUT2D eigenvalue weighted by atomic mass is 9.86. The van der Waals surface area contributed by atoms with E-state index in [1.807, 2.05) is 0 Å². The Balaban J connectivity index is 1.85. The molecule has 0 atom stereocenters. The summed E-state index contributed by atoms with van der Waals surface area (Å²) in [6.45, 7) is 13.5. The van der Waals surface area contributed by atoms with Crippen LogP contribution in [-0.4, -0.2) is 4.98 Å². The smallest absolute Gasteiger partial charge is 0.0460 e. The van der Waals surface area contributed by atoms with Crippen molar-refractivity contribution < 1.29 is 0 Å². The fourth-order valence-corrected chi connectivity index (χ4v) is 3.04. The van der Waals surface area contributed by atoms with E-state index in [4.69, 9.17) is 0 Å². The highest BCUT2D eigenvalue weighted by Crippen LogP contribution is 2.30. The Kier molecular flexibility index (Phi) is 4.36. The van der Waals surface area contributed by atoms with Crippen molar-refractivity contribution in [3.8, 4) is 22.4 Å². The Labute approximate surface area is 152 Å². The van der Waals surface area contributed by atoms with Gasteiger partial charge in [-0.2, -0.15) is 0 Å². The second-order valence-corrected chi connectivity index (χ2v) is 8.96. The standard InChI is InChI=1S/C24H29N/c1-23(2,3)20-11-7-17(8-12-20)19-15-22(25-16-19)18-9-13-21(14-10-18)24(4,5)6/h7-16,25H,1-6H3. The summed E-state index contributed by atoms with van der Waals surface area (Å²) < 4.78 is 0. The van der Waals surface area contributed by atoms with Crippen molar-refractivity contribution >= 4 is 0 Å². The highest BCUT2D eigenvalue weighted by atomic mass is 14.7. The van der Waals surface area contributed by atoms with Gasteiger partial charge >= 0.3 is 0 Å². The molecule has 0 saturated carbocycles. The van der Waals surface area contributed by atoms with Gasteiger partial charge in [-0.1, -0.05) is 90.1 Å². The van der Waals surface area contributed by atoms with Crippen LogP contribution >= 0.6 is 0 Å². The van der Waals surface area contributed by atoms with Crippen LogP contribution < -0.4 is 0 Å². The Morgan fingerprint density at radius 1 is 0.560 bits per heavy atom. The molecule has 0 aliphatic rings. The molecule has 3 rings (SSSR count). The van der Waals surface area contributed by atoms with E-state index in [0.717, 1.165) is 5.69 Å². The molecule has 0 saturated heterocycles. The Morgan fingerprint density at radius 2 is 1.00 bits per heavy atom. The highest BCUT2D eigenvalue weighted by Gasteiger charge is 2.15. The monoisotopic (exact) mass is 331 g/mol. The van der Waals surface area contributed by atoms with Crippen LogP contribution in [-0.2, 0) is 10.8 Å². The fourth-order valence-electron chi connectivity index (χ4n) is 3.04. The molecule has 1 heteroatoms. The molecule has 1 nitrogen and oxygen atoms in total. The van der Waals surface area contributed by atoms with Crippen LogP contribution in [0.5, 0.6) is 0 Å². The van der Waals surface area contributed by atoms with E-state index in [1.54, 1.807) is 0 Å². The normalized spacial score (nSPS) is 12.4. The molecule has 1 N–H and O–H groups in total. The fraction of sp³-hybridized carbons (Fsp3) is 0.333. The van der Waals surface area contributed by atoms with Gasteiger partial charge < -0.3 is 4.98 Å². The number of benzene rings is 2. The van der Waals surface area contributed by atoms with Crippen molar-refractivity contribution in [2.24, 2.45) is 0 Å². The number of aromatic nitrogens is 1. The number of nitrogens with one attached hydrogen (secondary N) is 1. The topological polar surface area (TPSA) is 15.8 Å². The highest BCUT2D eigenvalue weighted by molar-refractivity contribution is 5.71. The van der Waals surface area contributed by atoms with Crippen LogP contribution in [0.3, 0.4) is 0 Å². The summed E-state index contributed by atoms with van der Waals surface area (Å²) in [5.74, 6) is 0. The van der Waals surface area contributed by atoms with Crippen molar-refractivity contribution in [2.45, 2.75) is 52.4 Å². The number of aromatic amines is 1. The van der Waals surface area contributed by atoms with Crippen molar-refractivity contribution in [3.63, 3.8) is 0 Å². The maximum atomic E-state index is 3.42. The molecule has 0 fully saturated rings. The van der Waals surface area contributed by atoms with E-state index in [1.165, 1.54) is 27.8 Å². The van der Waals surface area contributed by atoms with Crippen molar-refractivity contribution in [2.75, 3.05) is 0 Å². The first-order valence-corrected chi connectivity index (χ1v) is 9.05. The van der Waals surface area contributed by atoms with Crippen molar-refractivity contribution in [3.05, 3.63) is 71.9 Å². The van der Waals surface area contributed by atoms with E-state index in [9.17, 15) is 0 Å². The van der Waals surface area contributed by atoms with Gasteiger partial charge in [-0.05, 0) is 44.7 Å². The van der Waals surface area contributed by atoms with Crippen LogP contribution in [0.2, 0.25) is 0 Å². The lowest BCUT2D eigenvalue weighted by molar-refractivity contribution is 0.590. The lowest BCUT2D eigenvalue weighted by Gasteiger charge is -2.19. The summed E-state index contributed by atoms with van der Waals surface area (Å²) in [5.41, 5.74) is 7.98. The molecule has 25 heavy (non-hydrogen) atoms. The second kappa shape index (κ2) is 6.22. The predicted octanol–water partition coefficient (Wildman–Crippen LogP) is 6.94. The molecule has 0 radical (unpaired) electrons. The second-order valence-electron chi connectivity index (χ2n) is 8.96. The minimum atomic E-state index is 0.189. The molecular weight excluding hydrogens is 302 g/mol. The van der Waals surface area contributed by atoms with Crippen LogP contribution in [0.15, 0.2) is 60.8 Å². The number of hydrogen-bond donors (Lipinski definition) is 1. The number of rotatable bonds is 2. The molecule has 0 bridgehead atoms. The first-order valence-electron chi connectivity index (χ1n) is 9.05. The molecule has 0 aliphatic carbocycles. The quantitative estimate of drug-likeness (QED) is 0.523. The van der Waals surface area contributed by atoms with Gasteiger partial charge in [0.15, 0.2) is 0 Å². The average molecular weight is 332 g/mol. The van der Waals surface area contributed by atoms with E-state index in [-0.39, 0.29) is 10.8 Å². The largest absolute Gasteiger partial charge is 0.361 e. The average Bonchev–Trinajstić information content (AvgIpc) is 3.03. The zero-order chi connectivity index (χ0) is 18.2. The molecule has 0 amide bonds. The molecule has 0 unspecified atom stereocenters. The Morgan fingerprint density at radius 3 is 1.44 bits per heavy atom. The van der Waals surface area contributed by atoms with Gasteiger partial charge in [0.25, 0.3) is 0 Å². The molecule has 3 aromatic rings. The molecule has 1 heterocycles. The van der Waals surface area contributed by atoms with E-state index < -0.39 is 0 Å². The summed E-state index contributed by atoms with van der Waals surface area (Å²) in [5, 5.41) is 0. The summed E-state index contributed by atoms with van der Waals surface area (Å²) in [7, 11) is 0. The van der Waals surface area contributed by atoms with Crippen LogP contribution in [0.25, 0.3) is 22.4 Å². The maximum Gasteiger partial charge on any atom is 0.0460 e. The number of H-pyrrole nitrogens is 1. The molecule has 130 valence electrons. The third-order valence-electron chi connectivity index (χ3n) is 4.83. The van der Waals surface area contributed by atoms with E-state index >= 15 is 0 Å². The third kappa shape index (κ3) is 3.87. The van der Waals surface area contributed by atoms with Crippen LogP contribution in [0.4, 0.5) is 0 Å². The van der Waals surface area contributed by atoms with Gasteiger partial charge in [0.05, 0.1) is 0 Å². The van der Waals surface area contributed by atoms with Gasteiger partial charge in [-0.25, -0.2) is 0 Å². The van der Waals surface area contributed by atoms with Gasteiger partial charge in [0.2, 0.25) is 0 Å². The van der Waals surface area contributed by atoms with Crippen molar-refractivity contribution in [1.82, 2.24) is 4.98 Å². The summed E-state index contributed by atoms with van der Waals surface area (Å²) >= 11 is 0. The Bertz CT molecular complexity index is 763. The van der Waals surface area contributed by atoms with Gasteiger partial charge in [-0.15, -0.1) is 0 Å². The number of hydrogen-bond acceptors (Lipinski definition) is 0. The molecular formula is C24H29N. The summed E-state index contributed by atoms with van der Waals surface area (Å²) in [4.78, 5) is 3.42. The molecule has 1 aromatic heterocycles. The summed E-state index contributed by atoms with van der Waals surface area (Å²) in [6.07, 6.45) is 2.10. The molecule has 0 aliphatic heterocycles. The van der Waals surface area contributed by atoms with Gasteiger partial charge in [0.1, 0.15) is 0 Å². The zero-order valence-corrected chi connectivity index (χ0v) is 16.3. The van der Waals surface area contributed by atoms with Gasteiger partial charge in [0, 0.05) is 11.9 Å². The van der Waals surface area contributed by atoms with Crippen molar-refractivity contribution in [1.29, 1.82) is 0 Å². The van der Waals surface area contributed by atoms with Crippen LogP contribution in [0.1, 0.15) is 52.7 Å². The minimum Gasteiger partial charge on any atom is -0.361 e. The zero-order valence-electron chi connectivity index (χ0n) is 16.3. The third-order valence-corrected chi connectivity index (χ3v) is 4.83. The molecule has 0 spiro atoms. The first kappa shape index (κ1) is 17.5.